The number of carbonyl (C=O) groups excluding carboxylic acids is 1. The van der Waals surface area contributed by atoms with Gasteiger partial charge in [-0.3, -0.25) is 9.48 Å². The van der Waals surface area contributed by atoms with Crippen molar-refractivity contribution in [3.8, 4) is 0 Å². The van der Waals surface area contributed by atoms with E-state index in [1.165, 1.54) is 23.7 Å². The Morgan fingerprint density at radius 3 is 2.94 bits per heavy atom. The summed E-state index contributed by atoms with van der Waals surface area (Å²) in [6.07, 6.45) is 6.09. The molecular formula is C12H20N4O. The second kappa shape index (κ2) is 4.77. The molecule has 0 aromatic carbocycles. The standard InChI is InChI=1S/C12H20N4O/c1-8-4-3-5-9(6-8)15-12(17)11-10(13)7-14-16(11)2/h7-9H,3-6,13H2,1-2H3,(H,15,17). The molecule has 2 unspecified atom stereocenters. The monoisotopic (exact) mass is 236 g/mol. The van der Waals surface area contributed by atoms with Crippen LogP contribution in [0.15, 0.2) is 6.20 Å². The fourth-order valence-corrected chi connectivity index (χ4v) is 2.55. The van der Waals surface area contributed by atoms with Gasteiger partial charge < -0.3 is 11.1 Å². The maximum atomic E-state index is 12.1. The van der Waals surface area contributed by atoms with Gasteiger partial charge in [-0.2, -0.15) is 5.10 Å². The van der Waals surface area contributed by atoms with Gasteiger partial charge in [0.05, 0.1) is 11.9 Å². The Morgan fingerprint density at radius 1 is 1.59 bits per heavy atom. The molecule has 5 heteroatoms. The van der Waals surface area contributed by atoms with Crippen LogP contribution in [0.5, 0.6) is 0 Å². The molecule has 2 atom stereocenters. The number of amides is 1. The largest absolute Gasteiger partial charge is 0.396 e. The fraction of sp³-hybridized carbons (Fsp3) is 0.667. The first-order valence-corrected chi connectivity index (χ1v) is 6.16. The third-order valence-corrected chi connectivity index (χ3v) is 3.45. The lowest BCUT2D eigenvalue weighted by molar-refractivity contribution is 0.0913. The summed E-state index contributed by atoms with van der Waals surface area (Å²) in [5.74, 6) is 0.583. The first kappa shape index (κ1) is 12.0. The van der Waals surface area contributed by atoms with Crippen LogP contribution in [0.1, 0.15) is 43.1 Å². The summed E-state index contributed by atoms with van der Waals surface area (Å²) in [5.41, 5.74) is 6.63. The molecule has 0 radical (unpaired) electrons. The molecule has 0 aliphatic heterocycles. The molecule has 5 nitrogen and oxygen atoms in total. The molecule has 1 aromatic heterocycles. The zero-order valence-corrected chi connectivity index (χ0v) is 10.4. The maximum Gasteiger partial charge on any atom is 0.271 e. The molecule has 1 fully saturated rings. The van der Waals surface area contributed by atoms with Gasteiger partial charge >= 0.3 is 0 Å². The van der Waals surface area contributed by atoms with E-state index in [1.54, 1.807) is 7.05 Å². The van der Waals surface area contributed by atoms with Gasteiger partial charge in [-0.15, -0.1) is 0 Å². The number of nitrogens with zero attached hydrogens (tertiary/aromatic N) is 2. The Balaban J connectivity index is 2.02. The summed E-state index contributed by atoms with van der Waals surface area (Å²) in [6, 6.07) is 0.278. The van der Waals surface area contributed by atoms with E-state index in [1.807, 2.05) is 0 Å². The molecule has 3 N–H and O–H groups in total. The number of anilines is 1. The third kappa shape index (κ3) is 2.60. The zero-order valence-electron chi connectivity index (χ0n) is 10.4. The summed E-state index contributed by atoms with van der Waals surface area (Å²) in [5, 5.41) is 7.03. The predicted molar refractivity (Wildman–Crippen MR) is 66.5 cm³/mol. The van der Waals surface area contributed by atoms with E-state index in [9.17, 15) is 4.79 Å². The Kier molecular flexibility index (Phi) is 3.36. The smallest absolute Gasteiger partial charge is 0.271 e. The first-order chi connectivity index (χ1) is 8.08. The second-order valence-electron chi connectivity index (χ2n) is 5.01. The molecule has 1 amide bonds. The van der Waals surface area contributed by atoms with Gasteiger partial charge in [0.25, 0.3) is 5.91 Å². The highest BCUT2D eigenvalue weighted by Crippen LogP contribution is 2.24. The van der Waals surface area contributed by atoms with Gasteiger partial charge in [0, 0.05) is 13.1 Å². The van der Waals surface area contributed by atoms with E-state index in [-0.39, 0.29) is 11.9 Å². The number of hydrogen-bond donors (Lipinski definition) is 2. The van der Waals surface area contributed by atoms with Gasteiger partial charge in [0.15, 0.2) is 0 Å². The van der Waals surface area contributed by atoms with Gasteiger partial charge in [-0.25, -0.2) is 0 Å². The SMILES string of the molecule is CC1CCCC(NC(=O)c2c(N)cnn2C)C1. The molecule has 0 saturated heterocycles. The number of aryl methyl sites for hydroxylation is 1. The van der Waals surface area contributed by atoms with Crippen molar-refractivity contribution >= 4 is 11.6 Å². The summed E-state index contributed by atoms with van der Waals surface area (Å²) in [4.78, 5) is 12.1. The minimum Gasteiger partial charge on any atom is -0.396 e. The third-order valence-electron chi connectivity index (χ3n) is 3.45. The number of rotatable bonds is 2. The van der Waals surface area contributed by atoms with E-state index in [0.717, 1.165) is 12.8 Å². The molecule has 1 aromatic rings. The molecule has 1 heterocycles. The second-order valence-corrected chi connectivity index (χ2v) is 5.01. The number of hydrogen-bond acceptors (Lipinski definition) is 3. The number of carbonyl (C=O) groups is 1. The summed E-state index contributed by atoms with van der Waals surface area (Å²) >= 11 is 0. The van der Waals surface area contributed by atoms with Crippen molar-refractivity contribution in [1.29, 1.82) is 0 Å². The van der Waals surface area contributed by atoms with Crippen molar-refractivity contribution in [1.82, 2.24) is 15.1 Å². The molecule has 94 valence electrons. The lowest BCUT2D eigenvalue weighted by atomic mass is 9.87. The van der Waals surface area contributed by atoms with E-state index in [2.05, 4.69) is 17.3 Å². The molecule has 17 heavy (non-hydrogen) atoms. The molecule has 1 saturated carbocycles. The van der Waals surface area contributed by atoms with Crippen molar-refractivity contribution in [2.45, 2.75) is 38.6 Å². The summed E-state index contributed by atoms with van der Waals surface area (Å²) in [6.45, 7) is 2.23. The highest BCUT2D eigenvalue weighted by Gasteiger charge is 2.23. The van der Waals surface area contributed by atoms with Crippen LogP contribution in [0.4, 0.5) is 5.69 Å². The number of nitrogens with one attached hydrogen (secondary N) is 1. The average Bonchev–Trinajstić information content (AvgIpc) is 2.58. The van der Waals surface area contributed by atoms with Gasteiger partial charge in [-0.1, -0.05) is 19.8 Å². The highest BCUT2D eigenvalue weighted by molar-refractivity contribution is 5.97. The molecule has 1 aliphatic rings. The molecule has 0 bridgehead atoms. The lowest BCUT2D eigenvalue weighted by Crippen LogP contribution is -2.39. The van der Waals surface area contributed by atoms with Crippen molar-refractivity contribution in [3.05, 3.63) is 11.9 Å². The van der Waals surface area contributed by atoms with Crippen LogP contribution in [0.25, 0.3) is 0 Å². The molecule has 0 spiro atoms. The maximum absolute atomic E-state index is 12.1. The number of nitrogen functional groups attached to an aromatic ring is 1. The normalized spacial score (nSPS) is 24.6. The van der Waals surface area contributed by atoms with E-state index in [0.29, 0.717) is 17.3 Å². The average molecular weight is 236 g/mol. The summed E-state index contributed by atoms with van der Waals surface area (Å²) in [7, 11) is 1.73. The van der Waals surface area contributed by atoms with Crippen molar-refractivity contribution < 1.29 is 4.79 Å². The van der Waals surface area contributed by atoms with Crippen molar-refractivity contribution in [2.24, 2.45) is 13.0 Å². The predicted octanol–water partition coefficient (Wildman–Crippen LogP) is 1.31. The van der Waals surface area contributed by atoms with Gasteiger partial charge in [-0.05, 0) is 18.8 Å². The van der Waals surface area contributed by atoms with E-state index in [4.69, 9.17) is 5.73 Å². The topological polar surface area (TPSA) is 72.9 Å². The van der Waals surface area contributed by atoms with Crippen LogP contribution >= 0.6 is 0 Å². The Bertz CT molecular complexity index is 393. The number of aromatic nitrogens is 2. The summed E-state index contributed by atoms with van der Waals surface area (Å²) < 4.78 is 1.52. The Morgan fingerprint density at radius 2 is 2.35 bits per heavy atom. The number of nitrogens with two attached hydrogens (primary N) is 1. The van der Waals surface area contributed by atoms with Gasteiger partial charge in [0.2, 0.25) is 0 Å². The van der Waals surface area contributed by atoms with Crippen molar-refractivity contribution in [2.75, 3.05) is 5.73 Å². The minimum absolute atomic E-state index is 0.110. The van der Waals surface area contributed by atoms with Crippen LogP contribution in [-0.2, 0) is 7.05 Å². The Labute approximate surface area is 101 Å². The van der Waals surface area contributed by atoms with E-state index >= 15 is 0 Å². The van der Waals surface area contributed by atoms with E-state index < -0.39 is 0 Å². The minimum atomic E-state index is -0.110. The van der Waals surface area contributed by atoms with Crippen LogP contribution < -0.4 is 11.1 Å². The first-order valence-electron chi connectivity index (χ1n) is 6.16. The van der Waals surface area contributed by atoms with Gasteiger partial charge in [0.1, 0.15) is 5.69 Å². The van der Waals surface area contributed by atoms with Crippen LogP contribution in [0, 0.1) is 5.92 Å². The molecular weight excluding hydrogens is 216 g/mol. The molecule has 1 aliphatic carbocycles. The zero-order chi connectivity index (χ0) is 12.4. The highest BCUT2D eigenvalue weighted by atomic mass is 16.2. The lowest BCUT2D eigenvalue weighted by Gasteiger charge is -2.27. The van der Waals surface area contributed by atoms with Crippen molar-refractivity contribution in [3.63, 3.8) is 0 Å². The fourth-order valence-electron chi connectivity index (χ4n) is 2.55. The van der Waals surface area contributed by atoms with Crippen LogP contribution in [-0.4, -0.2) is 21.7 Å². The Hall–Kier alpha value is -1.52. The van der Waals surface area contributed by atoms with Crippen LogP contribution in [0.3, 0.4) is 0 Å². The van der Waals surface area contributed by atoms with Crippen LogP contribution in [0.2, 0.25) is 0 Å². The quantitative estimate of drug-likeness (QED) is 0.813. The molecule has 2 rings (SSSR count).